The summed E-state index contributed by atoms with van der Waals surface area (Å²) >= 11 is 7.91. The predicted octanol–water partition coefficient (Wildman–Crippen LogP) is 4.40. The summed E-state index contributed by atoms with van der Waals surface area (Å²) in [6.07, 6.45) is 6.27. The predicted molar refractivity (Wildman–Crippen MR) is 90.3 cm³/mol. The molecule has 0 amide bonds. The summed E-state index contributed by atoms with van der Waals surface area (Å²) in [5, 5.41) is 3.09. The Morgan fingerprint density at radius 3 is 2.71 bits per heavy atom. The lowest BCUT2D eigenvalue weighted by Gasteiger charge is -2.37. The lowest BCUT2D eigenvalue weighted by Crippen LogP contribution is -2.40. The molecule has 1 fully saturated rings. The van der Waals surface area contributed by atoms with E-state index >= 15 is 0 Å². The molecule has 5 heteroatoms. The molecule has 1 saturated heterocycles. The van der Waals surface area contributed by atoms with Crippen LogP contribution in [-0.2, 0) is 6.54 Å². The van der Waals surface area contributed by atoms with Crippen molar-refractivity contribution in [1.29, 1.82) is 0 Å². The van der Waals surface area contributed by atoms with Gasteiger partial charge in [-0.1, -0.05) is 29.6 Å². The summed E-state index contributed by atoms with van der Waals surface area (Å²) in [7, 11) is 0. The third-order valence-corrected chi connectivity index (χ3v) is 4.83. The van der Waals surface area contributed by atoms with Crippen LogP contribution in [0, 0.1) is 0 Å². The number of anilines is 1. The van der Waals surface area contributed by atoms with Crippen LogP contribution in [0.2, 0.25) is 5.02 Å². The Morgan fingerprint density at radius 1 is 1.19 bits per heavy atom. The zero-order valence-corrected chi connectivity index (χ0v) is 13.4. The largest absolute Gasteiger partial charge is 0.292 e. The van der Waals surface area contributed by atoms with Crippen molar-refractivity contribution >= 4 is 29.2 Å². The molecule has 0 atom stereocenters. The fourth-order valence-corrected chi connectivity index (χ4v) is 3.57. The van der Waals surface area contributed by atoms with Crippen LogP contribution < -0.4 is 5.01 Å². The summed E-state index contributed by atoms with van der Waals surface area (Å²) in [5.41, 5.74) is 2.37. The molecule has 0 N–H and O–H groups in total. The van der Waals surface area contributed by atoms with Crippen molar-refractivity contribution in [3.05, 3.63) is 59.4 Å². The van der Waals surface area contributed by atoms with Gasteiger partial charge in [0, 0.05) is 29.7 Å². The molecule has 0 saturated carbocycles. The van der Waals surface area contributed by atoms with Gasteiger partial charge in [0.15, 0.2) is 0 Å². The second-order valence-corrected chi connectivity index (χ2v) is 6.54. The molecular formula is C16H18ClN3S. The average molecular weight is 320 g/mol. The SMILES string of the molecule is Clc1ccc(N(Cc2cccnc2)N2CCCCS2)cc1. The van der Waals surface area contributed by atoms with E-state index in [0.29, 0.717) is 0 Å². The van der Waals surface area contributed by atoms with Crippen molar-refractivity contribution < 1.29 is 0 Å². The first-order valence-corrected chi connectivity index (χ1v) is 8.47. The van der Waals surface area contributed by atoms with Crippen molar-refractivity contribution in [3.63, 3.8) is 0 Å². The van der Waals surface area contributed by atoms with Crippen LogP contribution in [0.4, 0.5) is 5.69 Å². The Bertz CT molecular complexity index is 555. The summed E-state index contributed by atoms with van der Waals surface area (Å²) in [5.74, 6) is 1.18. The van der Waals surface area contributed by atoms with Gasteiger partial charge < -0.3 is 0 Å². The van der Waals surface area contributed by atoms with Crippen molar-refractivity contribution in [2.24, 2.45) is 0 Å². The highest BCUT2D eigenvalue weighted by Gasteiger charge is 2.20. The lowest BCUT2D eigenvalue weighted by molar-refractivity contribution is 0.403. The number of aromatic nitrogens is 1. The molecule has 0 radical (unpaired) electrons. The molecule has 2 heterocycles. The molecule has 1 aromatic heterocycles. The summed E-state index contributed by atoms with van der Waals surface area (Å²) in [6, 6.07) is 12.1. The molecule has 21 heavy (non-hydrogen) atoms. The highest BCUT2D eigenvalue weighted by molar-refractivity contribution is 7.97. The summed E-state index contributed by atoms with van der Waals surface area (Å²) in [6.45, 7) is 1.90. The van der Waals surface area contributed by atoms with Gasteiger partial charge in [-0.05, 0) is 48.7 Å². The smallest absolute Gasteiger partial charge is 0.0621 e. The standard InChI is InChI=1S/C16H18ClN3S/c17-15-5-7-16(8-6-15)19(20-10-1-2-11-21-20)13-14-4-3-9-18-12-14/h3-9,12H,1-2,10-11,13H2. The Labute approximate surface area is 135 Å². The molecular weight excluding hydrogens is 302 g/mol. The van der Waals surface area contributed by atoms with Crippen molar-refractivity contribution in [1.82, 2.24) is 9.40 Å². The second kappa shape index (κ2) is 7.16. The van der Waals surface area contributed by atoms with Gasteiger partial charge in [0.05, 0.1) is 12.2 Å². The number of hydrogen-bond acceptors (Lipinski definition) is 4. The first-order chi connectivity index (χ1) is 10.3. The van der Waals surface area contributed by atoms with Gasteiger partial charge in [0.1, 0.15) is 0 Å². The van der Waals surface area contributed by atoms with Gasteiger partial charge >= 0.3 is 0 Å². The molecule has 110 valence electrons. The molecule has 0 unspecified atom stereocenters. The van der Waals surface area contributed by atoms with E-state index in [-0.39, 0.29) is 0 Å². The van der Waals surface area contributed by atoms with Crippen molar-refractivity contribution in [3.8, 4) is 0 Å². The minimum atomic E-state index is 0.770. The van der Waals surface area contributed by atoms with Crippen LogP contribution in [0.25, 0.3) is 0 Å². The van der Waals surface area contributed by atoms with Crippen LogP contribution in [0.3, 0.4) is 0 Å². The van der Waals surface area contributed by atoms with Gasteiger partial charge in [0.2, 0.25) is 0 Å². The molecule has 2 aromatic rings. The number of hydrogen-bond donors (Lipinski definition) is 0. The molecule has 1 aliphatic heterocycles. The number of halogens is 1. The van der Waals surface area contributed by atoms with Gasteiger partial charge in [-0.15, -0.1) is 0 Å². The van der Waals surface area contributed by atoms with E-state index in [1.165, 1.54) is 24.2 Å². The van der Waals surface area contributed by atoms with E-state index < -0.39 is 0 Å². The summed E-state index contributed by atoms with van der Waals surface area (Å²) < 4.78 is 2.36. The number of pyridine rings is 1. The van der Waals surface area contributed by atoms with Crippen LogP contribution >= 0.6 is 23.5 Å². The quantitative estimate of drug-likeness (QED) is 0.778. The molecule has 0 spiro atoms. The lowest BCUT2D eigenvalue weighted by atomic mass is 10.2. The highest BCUT2D eigenvalue weighted by Crippen LogP contribution is 2.29. The Kier molecular flexibility index (Phi) is 5.01. The van der Waals surface area contributed by atoms with E-state index in [2.05, 4.69) is 32.6 Å². The number of nitrogens with zero attached hydrogens (tertiary/aromatic N) is 3. The van der Waals surface area contributed by atoms with E-state index in [1.54, 1.807) is 0 Å². The third kappa shape index (κ3) is 3.90. The Balaban J connectivity index is 1.84. The fraction of sp³-hybridized carbons (Fsp3) is 0.312. The van der Waals surface area contributed by atoms with Gasteiger partial charge in [-0.25, -0.2) is 0 Å². The third-order valence-electron chi connectivity index (χ3n) is 3.43. The van der Waals surface area contributed by atoms with Gasteiger partial charge in [-0.3, -0.25) is 9.99 Å². The second-order valence-electron chi connectivity index (χ2n) is 5.01. The zero-order chi connectivity index (χ0) is 14.5. The van der Waals surface area contributed by atoms with Crippen LogP contribution in [0.15, 0.2) is 48.8 Å². The van der Waals surface area contributed by atoms with Crippen molar-refractivity contribution in [2.45, 2.75) is 19.4 Å². The normalized spacial score (nSPS) is 15.9. The number of rotatable bonds is 4. The Hall–Kier alpha value is -1.23. The monoisotopic (exact) mass is 319 g/mol. The summed E-state index contributed by atoms with van der Waals surface area (Å²) in [4.78, 5) is 4.22. The van der Waals surface area contributed by atoms with E-state index in [4.69, 9.17) is 11.6 Å². The maximum Gasteiger partial charge on any atom is 0.0621 e. The first kappa shape index (κ1) is 14.7. The minimum absolute atomic E-state index is 0.770. The van der Waals surface area contributed by atoms with E-state index in [0.717, 1.165) is 23.8 Å². The molecule has 0 aliphatic carbocycles. The molecule has 1 aromatic carbocycles. The Morgan fingerprint density at radius 2 is 2.05 bits per heavy atom. The topological polar surface area (TPSA) is 19.4 Å². The maximum absolute atomic E-state index is 6.02. The minimum Gasteiger partial charge on any atom is -0.292 e. The van der Waals surface area contributed by atoms with Gasteiger partial charge in [-0.2, -0.15) is 4.41 Å². The van der Waals surface area contributed by atoms with Gasteiger partial charge in [0.25, 0.3) is 0 Å². The van der Waals surface area contributed by atoms with E-state index in [9.17, 15) is 0 Å². The number of hydrazine groups is 1. The van der Waals surface area contributed by atoms with Crippen LogP contribution in [-0.4, -0.2) is 21.7 Å². The number of benzene rings is 1. The van der Waals surface area contributed by atoms with Crippen molar-refractivity contribution in [2.75, 3.05) is 17.3 Å². The highest BCUT2D eigenvalue weighted by atomic mass is 35.5. The molecule has 3 nitrogen and oxygen atoms in total. The van der Waals surface area contributed by atoms with E-state index in [1.807, 2.05) is 42.5 Å². The zero-order valence-electron chi connectivity index (χ0n) is 11.8. The molecule has 0 bridgehead atoms. The maximum atomic E-state index is 6.02. The van der Waals surface area contributed by atoms with Crippen LogP contribution in [0.1, 0.15) is 18.4 Å². The first-order valence-electron chi connectivity index (χ1n) is 7.15. The molecule has 3 rings (SSSR count). The fourth-order valence-electron chi connectivity index (χ4n) is 2.35. The average Bonchev–Trinajstić information content (AvgIpc) is 2.55. The van der Waals surface area contributed by atoms with Crippen LogP contribution in [0.5, 0.6) is 0 Å². The molecule has 1 aliphatic rings.